The molecule has 1 amide bonds. The van der Waals surface area contributed by atoms with Crippen LogP contribution < -0.4 is 14.4 Å². The molecule has 0 bridgehead atoms. The van der Waals surface area contributed by atoms with Crippen molar-refractivity contribution in [3.8, 4) is 11.5 Å². The minimum atomic E-state index is -0.0791. The lowest BCUT2D eigenvalue weighted by Crippen LogP contribution is -2.43. The second-order valence-corrected chi connectivity index (χ2v) is 9.12. The molecular weight excluding hydrogens is 462 g/mol. The van der Waals surface area contributed by atoms with Crippen LogP contribution in [0.1, 0.15) is 21.5 Å². The van der Waals surface area contributed by atoms with Gasteiger partial charge in [-0.15, -0.1) is 12.4 Å². The summed E-state index contributed by atoms with van der Waals surface area (Å²) in [7, 11) is 0. The maximum atomic E-state index is 13.7. The Bertz CT molecular complexity index is 1110. The zero-order valence-electron chi connectivity index (χ0n) is 18.8. The highest BCUT2D eigenvalue weighted by molar-refractivity contribution is 7.22. The van der Waals surface area contributed by atoms with Gasteiger partial charge >= 0.3 is 0 Å². The maximum absolute atomic E-state index is 13.7. The van der Waals surface area contributed by atoms with Crippen LogP contribution in [0.2, 0.25) is 0 Å². The van der Waals surface area contributed by atoms with E-state index in [1.807, 2.05) is 11.0 Å². The molecule has 2 aliphatic rings. The summed E-state index contributed by atoms with van der Waals surface area (Å²) in [5.74, 6) is 1.22. The first-order valence-electron chi connectivity index (χ1n) is 11.0. The number of hydrogen-bond donors (Lipinski definition) is 0. The molecule has 0 unspecified atom stereocenters. The summed E-state index contributed by atoms with van der Waals surface area (Å²) in [5.41, 5.74) is 3.84. The van der Waals surface area contributed by atoms with E-state index in [1.165, 1.54) is 5.56 Å². The summed E-state index contributed by atoms with van der Waals surface area (Å²) in [6.45, 7) is 9.72. The Morgan fingerprint density at radius 1 is 1.03 bits per heavy atom. The molecule has 1 fully saturated rings. The topological polar surface area (TPSA) is 64.1 Å². The average molecular weight is 490 g/mol. The number of aryl methyl sites for hydroxylation is 2. The van der Waals surface area contributed by atoms with Crippen molar-refractivity contribution in [3.05, 3.63) is 47.0 Å². The van der Waals surface area contributed by atoms with Gasteiger partial charge in [-0.2, -0.15) is 0 Å². The number of benzene rings is 2. The van der Waals surface area contributed by atoms with Crippen molar-refractivity contribution in [1.82, 2.24) is 9.88 Å². The van der Waals surface area contributed by atoms with E-state index < -0.39 is 0 Å². The standard InChI is InChI=1S/C24H27N3O4S.ClH/c1-16-3-4-17(2)22-21(16)25-24(32-22)27(8-7-26-9-11-29-12-10-26)23(28)18-5-6-19-20(15-18)31-14-13-30-19;/h3-6,15H,7-14H2,1-2H3;1H. The number of rotatable bonds is 5. The quantitative estimate of drug-likeness (QED) is 0.538. The molecule has 7 nitrogen and oxygen atoms in total. The number of carbonyl (C=O) groups is 1. The average Bonchev–Trinajstić information content (AvgIpc) is 3.28. The summed E-state index contributed by atoms with van der Waals surface area (Å²) in [5, 5.41) is 0.727. The lowest BCUT2D eigenvalue weighted by Gasteiger charge is -2.29. The van der Waals surface area contributed by atoms with Crippen molar-refractivity contribution in [2.45, 2.75) is 13.8 Å². The van der Waals surface area contributed by atoms with E-state index in [2.05, 4.69) is 30.9 Å². The number of amides is 1. The Kier molecular flexibility index (Phi) is 7.38. The fourth-order valence-electron chi connectivity index (χ4n) is 4.05. The second kappa shape index (κ2) is 10.3. The molecule has 33 heavy (non-hydrogen) atoms. The molecule has 0 radical (unpaired) electrons. The molecule has 0 spiro atoms. The van der Waals surface area contributed by atoms with Crippen LogP contribution in [0.25, 0.3) is 10.2 Å². The Labute approximate surface area is 203 Å². The molecule has 1 aromatic heterocycles. The molecule has 9 heteroatoms. The van der Waals surface area contributed by atoms with E-state index in [-0.39, 0.29) is 18.3 Å². The normalized spacial score (nSPS) is 15.8. The number of carbonyl (C=O) groups excluding carboxylic acids is 1. The minimum Gasteiger partial charge on any atom is -0.486 e. The number of ether oxygens (including phenoxy) is 3. The van der Waals surface area contributed by atoms with Gasteiger partial charge in [0.15, 0.2) is 16.6 Å². The van der Waals surface area contributed by atoms with Crippen LogP contribution in [0.3, 0.4) is 0 Å². The Balaban J connectivity index is 0.00000259. The predicted molar refractivity (Wildman–Crippen MR) is 133 cm³/mol. The zero-order chi connectivity index (χ0) is 22.1. The third kappa shape index (κ3) is 4.94. The van der Waals surface area contributed by atoms with Gasteiger partial charge in [0, 0.05) is 31.7 Å². The van der Waals surface area contributed by atoms with Crippen molar-refractivity contribution >= 4 is 45.0 Å². The van der Waals surface area contributed by atoms with Crippen LogP contribution in [0.5, 0.6) is 11.5 Å². The highest BCUT2D eigenvalue weighted by Gasteiger charge is 2.25. The van der Waals surface area contributed by atoms with Gasteiger partial charge in [0.25, 0.3) is 5.91 Å². The van der Waals surface area contributed by atoms with Gasteiger partial charge in [0.1, 0.15) is 13.2 Å². The third-order valence-corrected chi connectivity index (χ3v) is 7.15. The minimum absolute atomic E-state index is 0. The van der Waals surface area contributed by atoms with Gasteiger partial charge in [0.05, 0.1) is 23.4 Å². The Morgan fingerprint density at radius 2 is 1.76 bits per heavy atom. The summed E-state index contributed by atoms with van der Waals surface area (Å²) in [6, 6.07) is 9.60. The molecular formula is C24H28ClN3O4S. The van der Waals surface area contributed by atoms with Crippen LogP contribution in [-0.4, -0.2) is 68.4 Å². The van der Waals surface area contributed by atoms with Crippen LogP contribution in [0.4, 0.5) is 5.13 Å². The summed E-state index contributed by atoms with van der Waals surface area (Å²) >= 11 is 1.58. The lowest BCUT2D eigenvalue weighted by molar-refractivity contribution is 0.0391. The van der Waals surface area contributed by atoms with Crippen molar-refractivity contribution in [2.24, 2.45) is 0 Å². The van der Waals surface area contributed by atoms with Gasteiger partial charge in [-0.05, 0) is 43.2 Å². The van der Waals surface area contributed by atoms with E-state index in [0.29, 0.717) is 36.8 Å². The highest BCUT2D eigenvalue weighted by Crippen LogP contribution is 2.35. The Hall–Kier alpha value is -2.39. The molecule has 2 aliphatic heterocycles. The molecule has 2 aromatic carbocycles. The monoisotopic (exact) mass is 489 g/mol. The van der Waals surface area contributed by atoms with Crippen LogP contribution in [-0.2, 0) is 4.74 Å². The van der Waals surface area contributed by atoms with Crippen molar-refractivity contribution in [3.63, 3.8) is 0 Å². The molecule has 1 saturated heterocycles. The summed E-state index contributed by atoms with van der Waals surface area (Å²) in [4.78, 5) is 22.7. The van der Waals surface area contributed by atoms with Crippen LogP contribution >= 0.6 is 23.7 Å². The number of thiazole rings is 1. The van der Waals surface area contributed by atoms with Gasteiger partial charge in [0.2, 0.25) is 0 Å². The SMILES string of the molecule is Cc1ccc(C)c2sc(N(CCN3CCOCC3)C(=O)c3ccc4c(c3)OCCO4)nc12.Cl. The molecule has 0 N–H and O–H groups in total. The molecule has 3 aromatic rings. The number of fused-ring (bicyclic) bond motifs is 2. The van der Waals surface area contributed by atoms with Crippen LogP contribution in [0, 0.1) is 13.8 Å². The van der Waals surface area contributed by atoms with Crippen LogP contribution in [0.15, 0.2) is 30.3 Å². The summed E-state index contributed by atoms with van der Waals surface area (Å²) in [6.07, 6.45) is 0. The highest BCUT2D eigenvalue weighted by atomic mass is 35.5. The summed E-state index contributed by atoms with van der Waals surface area (Å²) < 4.78 is 17.9. The largest absolute Gasteiger partial charge is 0.486 e. The van der Waals surface area contributed by atoms with Gasteiger partial charge < -0.3 is 14.2 Å². The first-order valence-corrected chi connectivity index (χ1v) is 11.8. The van der Waals surface area contributed by atoms with Crippen molar-refractivity contribution in [2.75, 3.05) is 57.5 Å². The number of aromatic nitrogens is 1. The predicted octanol–water partition coefficient (Wildman–Crippen LogP) is 4.09. The molecule has 0 atom stereocenters. The smallest absolute Gasteiger partial charge is 0.260 e. The van der Waals surface area contributed by atoms with E-state index in [9.17, 15) is 4.79 Å². The lowest BCUT2D eigenvalue weighted by atomic mass is 10.1. The van der Waals surface area contributed by atoms with E-state index in [1.54, 1.807) is 23.5 Å². The van der Waals surface area contributed by atoms with E-state index >= 15 is 0 Å². The number of hydrogen-bond acceptors (Lipinski definition) is 7. The first kappa shape index (κ1) is 23.8. The van der Waals surface area contributed by atoms with Gasteiger partial charge in [-0.3, -0.25) is 14.6 Å². The number of halogens is 1. The molecule has 0 aliphatic carbocycles. The number of morpholine rings is 1. The van der Waals surface area contributed by atoms with Gasteiger partial charge in [-0.1, -0.05) is 23.5 Å². The van der Waals surface area contributed by atoms with E-state index in [0.717, 1.165) is 53.8 Å². The van der Waals surface area contributed by atoms with E-state index in [4.69, 9.17) is 19.2 Å². The maximum Gasteiger partial charge on any atom is 0.260 e. The molecule has 3 heterocycles. The first-order chi connectivity index (χ1) is 15.6. The number of nitrogens with zero attached hydrogens (tertiary/aromatic N) is 3. The Morgan fingerprint density at radius 3 is 2.52 bits per heavy atom. The molecule has 176 valence electrons. The second-order valence-electron chi connectivity index (χ2n) is 8.14. The molecule has 5 rings (SSSR count). The third-order valence-electron chi connectivity index (χ3n) is 5.94. The fraction of sp³-hybridized carbons (Fsp3) is 0.417. The number of anilines is 1. The van der Waals surface area contributed by atoms with Crippen molar-refractivity contribution in [1.29, 1.82) is 0 Å². The fourth-order valence-corrected chi connectivity index (χ4v) is 5.18. The van der Waals surface area contributed by atoms with Crippen molar-refractivity contribution < 1.29 is 19.0 Å². The zero-order valence-corrected chi connectivity index (χ0v) is 20.5. The molecule has 0 saturated carbocycles. The van der Waals surface area contributed by atoms with Gasteiger partial charge in [-0.25, -0.2) is 4.98 Å².